The predicted octanol–water partition coefficient (Wildman–Crippen LogP) is 18.2. The molecule has 148 heavy (non-hydrogen) atoms. The number of likely N-dealkylation sites (N-methyl/N-ethyl adjacent to an activating group) is 1. The van der Waals surface area contributed by atoms with Crippen LogP contribution in [0.4, 0.5) is 23.8 Å². The molecule has 0 bridgehead atoms. The minimum absolute atomic E-state index is 0.0447. The second-order valence-corrected chi connectivity index (χ2v) is 40.6. The van der Waals surface area contributed by atoms with Crippen LogP contribution in [-0.2, 0) is 32.0 Å². The standard InChI is InChI=1S/C29H31ClN6O2.2C28H29ClN6O2.C27H29ClN6O2/c1-19-5-4-6-26(32-19)20-7-8-23(25(30)16-20)24-15-21-17-31-29(33-22-9-14-38-18-22)34-27(21)36(28(24)37)13-12-35-10-2-3-11-35;2*1-17-3-2-4-25(32-17)18-5-6-22(24(29)14-18)23-13-19-15-31-28(33-20-9-12-37-16-20)34-26(19)35(27(23)36)21-7-10-30-11-8-21;1-17-5-4-6-24(30-17)18-7-8-21(23(28)14-18)22-13-19-15-29-27(31-20-9-12-36-16-20)32-25(19)34(26(22)35)11-10-33(2)3/h4-8,15-17,22H,2-3,9-14,18H2,1H3,(H,31,33,34);2*2-6,13-15,20-21,30H,7-12,16H2,1H3,(H,31,33,34);4-8,13-15,20H,9-12,16H2,1-3H3,(H,29,31,32)/t22-;3*20-/m1100/s1. The predicted molar refractivity (Wildman–Crippen MR) is 587 cm³/mol. The zero-order valence-corrected chi connectivity index (χ0v) is 86.6. The van der Waals surface area contributed by atoms with E-state index in [-0.39, 0.29) is 58.5 Å². The zero-order valence-electron chi connectivity index (χ0n) is 83.6. The Kier molecular flexibility index (Phi) is 32.1. The Morgan fingerprint density at radius 1 is 0.338 bits per heavy atom. The van der Waals surface area contributed by atoms with Crippen LogP contribution in [0, 0.1) is 27.7 Å². The van der Waals surface area contributed by atoms with Gasteiger partial charge in [-0.15, -0.1) is 0 Å². The van der Waals surface area contributed by atoms with Crippen molar-refractivity contribution in [3.8, 4) is 89.5 Å². The monoisotopic (exact) mass is 2070 g/mol. The first-order valence-electron chi connectivity index (χ1n) is 50.8. The van der Waals surface area contributed by atoms with Gasteiger partial charge >= 0.3 is 0 Å². The van der Waals surface area contributed by atoms with Crippen molar-refractivity contribution in [1.82, 2.24) is 98.5 Å². The molecule has 7 fully saturated rings. The van der Waals surface area contributed by atoms with Crippen molar-refractivity contribution in [3.05, 3.63) is 279 Å². The highest BCUT2D eigenvalue weighted by Gasteiger charge is 2.31. The maximum atomic E-state index is 14.1. The molecule has 32 nitrogen and oxygen atoms in total. The Labute approximate surface area is 876 Å². The van der Waals surface area contributed by atoms with E-state index in [1.54, 1.807) is 33.9 Å². The van der Waals surface area contributed by atoms with Gasteiger partial charge in [0, 0.05) is 221 Å². The third kappa shape index (κ3) is 23.7. The van der Waals surface area contributed by atoms with Gasteiger partial charge in [-0.05, 0) is 242 Å². The molecule has 12 aromatic heterocycles. The molecule has 4 aromatic carbocycles. The van der Waals surface area contributed by atoms with Gasteiger partial charge in [0.2, 0.25) is 23.8 Å². The number of anilines is 4. The number of rotatable bonds is 24. The molecule has 7 aliphatic rings. The second-order valence-electron chi connectivity index (χ2n) is 39.0. The number of benzene rings is 4. The van der Waals surface area contributed by atoms with E-state index >= 15 is 0 Å². The highest BCUT2D eigenvalue weighted by Crippen LogP contribution is 2.40. The van der Waals surface area contributed by atoms with Crippen molar-refractivity contribution in [2.75, 3.05) is 141 Å². The van der Waals surface area contributed by atoms with Gasteiger partial charge in [0.05, 0.1) is 73.4 Å². The number of hydrogen-bond acceptors (Lipinski definition) is 28. The lowest BCUT2D eigenvalue weighted by Crippen LogP contribution is -2.35. The van der Waals surface area contributed by atoms with Crippen molar-refractivity contribution in [2.45, 2.75) is 141 Å². The Morgan fingerprint density at radius 3 is 0.912 bits per heavy atom. The van der Waals surface area contributed by atoms with Gasteiger partial charge < -0.3 is 60.6 Å². The van der Waals surface area contributed by atoms with E-state index in [9.17, 15) is 19.2 Å². The number of aromatic nitrogens is 16. The van der Waals surface area contributed by atoms with Gasteiger partial charge in [-0.3, -0.25) is 57.4 Å². The van der Waals surface area contributed by atoms with Gasteiger partial charge in [0.1, 0.15) is 22.6 Å². The molecule has 0 unspecified atom stereocenters. The fraction of sp³-hybridized carbons (Fsp3) is 0.357. The number of aryl methyl sites for hydroxylation is 4. The van der Waals surface area contributed by atoms with Crippen LogP contribution in [0.15, 0.2) is 214 Å². The summed E-state index contributed by atoms with van der Waals surface area (Å²) in [6.45, 7) is 21.4. The van der Waals surface area contributed by atoms with E-state index in [4.69, 9.17) is 85.3 Å². The Balaban J connectivity index is 0.000000120. The third-order valence-electron chi connectivity index (χ3n) is 28.0. The van der Waals surface area contributed by atoms with Gasteiger partial charge in [0.25, 0.3) is 22.2 Å². The molecule has 0 amide bonds. The molecule has 23 rings (SSSR count). The average Bonchev–Trinajstić information content (AvgIpc) is 0.850. The summed E-state index contributed by atoms with van der Waals surface area (Å²) in [7, 11) is 3.96. The van der Waals surface area contributed by atoms with Gasteiger partial charge in [-0.1, -0.05) is 119 Å². The van der Waals surface area contributed by atoms with E-state index in [1.165, 1.54) is 12.8 Å². The highest BCUT2D eigenvalue weighted by atomic mass is 35.5. The average molecular weight is 2070 g/mol. The number of piperidine rings is 2. The van der Waals surface area contributed by atoms with Gasteiger partial charge in [0.15, 0.2) is 0 Å². The van der Waals surface area contributed by atoms with E-state index in [0.717, 1.165) is 213 Å². The van der Waals surface area contributed by atoms with Crippen LogP contribution in [0.2, 0.25) is 20.1 Å². The van der Waals surface area contributed by atoms with Crippen molar-refractivity contribution in [2.24, 2.45) is 0 Å². The van der Waals surface area contributed by atoms with Crippen LogP contribution < -0.4 is 54.1 Å². The van der Waals surface area contributed by atoms with Crippen molar-refractivity contribution in [3.63, 3.8) is 0 Å². The van der Waals surface area contributed by atoms with Crippen LogP contribution in [-0.4, -0.2) is 231 Å². The van der Waals surface area contributed by atoms with Crippen molar-refractivity contribution < 1.29 is 18.9 Å². The minimum Gasteiger partial charge on any atom is -0.379 e. The number of nitrogens with one attached hydrogen (secondary N) is 6. The van der Waals surface area contributed by atoms with Crippen LogP contribution in [0.5, 0.6) is 0 Å². The number of fused-ring (bicyclic) bond motifs is 4. The molecular weight excluding hydrogens is 1950 g/mol. The largest absolute Gasteiger partial charge is 0.379 e. The molecule has 16 aromatic rings. The molecule has 19 heterocycles. The molecule has 0 saturated carbocycles. The molecule has 0 aliphatic carbocycles. The highest BCUT2D eigenvalue weighted by molar-refractivity contribution is 6.35. The third-order valence-corrected chi connectivity index (χ3v) is 29.2. The van der Waals surface area contributed by atoms with Gasteiger partial charge in [-0.2, -0.15) is 19.9 Å². The topological polar surface area (TPSA) is 358 Å². The molecule has 36 heteroatoms. The summed E-state index contributed by atoms with van der Waals surface area (Å²) in [5.74, 6) is 2.05. The molecule has 0 spiro atoms. The lowest BCUT2D eigenvalue weighted by atomic mass is 10.0. The van der Waals surface area contributed by atoms with E-state index in [1.807, 2.05) is 226 Å². The molecule has 0 radical (unpaired) electrons. The van der Waals surface area contributed by atoms with Crippen LogP contribution >= 0.6 is 46.4 Å². The molecule has 762 valence electrons. The summed E-state index contributed by atoms with van der Waals surface area (Å²) in [6, 6.07) is 54.7. The van der Waals surface area contributed by atoms with E-state index in [0.29, 0.717) is 157 Å². The Bertz CT molecular complexity index is 7600. The van der Waals surface area contributed by atoms with Gasteiger partial charge in [-0.25, -0.2) is 19.9 Å². The van der Waals surface area contributed by atoms with Crippen LogP contribution in [0.3, 0.4) is 0 Å². The minimum atomic E-state index is -0.137. The maximum absolute atomic E-state index is 14.1. The quantitative estimate of drug-likeness (QED) is 0.0327. The lowest BCUT2D eigenvalue weighted by Gasteiger charge is -2.26. The number of halogens is 4. The molecule has 4 atom stereocenters. The first-order valence-corrected chi connectivity index (χ1v) is 52.4. The maximum Gasteiger partial charge on any atom is 0.260 e. The summed E-state index contributed by atoms with van der Waals surface area (Å²) in [4.78, 5) is 116. The molecule has 6 N–H and O–H groups in total. The molecule has 7 saturated heterocycles. The summed E-state index contributed by atoms with van der Waals surface area (Å²) in [6.07, 6.45) is 16.6. The zero-order chi connectivity index (χ0) is 102. The van der Waals surface area contributed by atoms with E-state index < -0.39 is 0 Å². The van der Waals surface area contributed by atoms with Crippen molar-refractivity contribution >= 4 is 114 Å². The number of likely N-dealkylation sites (tertiary alicyclic amines) is 1. The van der Waals surface area contributed by atoms with E-state index in [2.05, 4.69) is 76.7 Å². The fourth-order valence-electron chi connectivity index (χ4n) is 20.1. The van der Waals surface area contributed by atoms with Crippen molar-refractivity contribution in [1.29, 1.82) is 0 Å². The summed E-state index contributed by atoms with van der Waals surface area (Å²) in [5, 5.41) is 25.4. The Hall–Kier alpha value is -13.3. The van der Waals surface area contributed by atoms with Crippen LogP contribution in [0.1, 0.15) is 99.1 Å². The molecule has 7 aliphatic heterocycles. The Morgan fingerprint density at radius 2 is 0.628 bits per heavy atom. The summed E-state index contributed by atoms with van der Waals surface area (Å²) < 4.78 is 29.1. The lowest BCUT2D eigenvalue weighted by molar-refractivity contribution is 0.195. The number of hydrogen-bond donors (Lipinski definition) is 6. The normalized spacial score (nSPS) is 17.6. The first-order chi connectivity index (χ1) is 72.1. The number of ether oxygens (including phenoxy) is 4. The first kappa shape index (κ1) is 102. The SMILES string of the molecule is Cc1cccc(-c2ccc(-c3cc4cnc(N[C@@H]5CCOC5)nc4n(C4CCNCC4)c3=O)c(Cl)c2)n1.Cc1cccc(-c2ccc(-c3cc4cnc(N[C@@H]5CCOC5)nc4n(CCN4CCCC4)c3=O)c(Cl)c2)n1.Cc1cccc(-c2ccc(-c3cc4cnc(N[C@H]5CCOC5)nc4n(C4CCNCC4)c3=O)c(Cl)c2)n1.Cc1cccc(-c2ccc(-c3cc4cnc(N[C@H]5CCOC5)nc4n(CCN(C)C)c3=O)c(Cl)c2)n1. The summed E-state index contributed by atoms with van der Waals surface area (Å²) in [5.41, 5.74) is 17.8. The number of nitrogens with zero attached hydrogens (tertiary/aromatic N) is 18. The molecular formula is C112H118Cl4N24O8. The van der Waals surface area contributed by atoms with Crippen LogP contribution in [0.25, 0.3) is 134 Å². The summed E-state index contributed by atoms with van der Waals surface area (Å²) >= 11 is 27.1. The fourth-order valence-corrected chi connectivity index (χ4v) is 21.2. The second kappa shape index (κ2) is 46.6. The smallest absolute Gasteiger partial charge is 0.260 e. The number of pyridine rings is 8.